The Kier molecular flexibility index (Phi) is 15.3. The van der Waals surface area contributed by atoms with Gasteiger partial charge in [0.2, 0.25) is 0 Å². The van der Waals surface area contributed by atoms with E-state index in [1.165, 1.54) is 102 Å². The molecule has 0 unspecified atom stereocenters. The van der Waals surface area contributed by atoms with Crippen LogP contribution < -0.4 is 41.5 Å². The second kappa shape index (κ2) is 25.5. The molecule has 18 rings (SSSR count). The molecular weight excluding hydrogens is 1240 g/mol. The van der Waals surface area contributed by atoms with E-state index in [1.807, 2.05) is 0 Å². The zero-order chi connectivity index (χ0) is 66.4. The van der Waals surface area contributed by atoms with Crippen LogP contribution in [-0.4, -0.2) is 25.3 Å². The molecule has 2 nitrogen and oxygen atoms in total. The molecule has 0 spiro atoms. The molecule has 4 heteroatoms. The monoisotopic (exact) mass is 1300 g/mol. The van der Waals surface area contributed by atoms with Gasteiger partial charge in [-0.2, -0.15) is 0 Å². The predicted octanol–water partition coefficient (Wildman–Crippen LogP) is 19.0. The van der Waals surface area contributed by atoms with Crippen molar-refractivity contribution in [3.8, 4) is 67.0 Å². The van der Waals surface area contributed by atoms with Crippen molar-refractivity contribution in [1.82, 2.24) is 9.13 Å². The summed E-state index contributed by atoms with van der Waals surface area (Å²) in [5.41, 5.74) is 18.6. The molecule has 100 heavy (non-hydrogen) atoms. The van der Waals surface area contributed by atoms with E-state index >= 15 is 0 Å². The van der Waals surface area contributed by atoms with Gasteiger partial charge in [-0.1, -0.05) is 376 Å². The predicted molar refractivity (Wildman–Crippen MR) is 430 cm³/mol. The van der Waals surface area contributed by atoms with Crippen molar-refractivity contribution in [3.63, 3.8) is 0 Å². The van der Waals surface area contributed by atoms with E-state index < -0.39 is 16.1 Å². The van der Waals surface area contributed by atoms with Gasteiger partial charge in [0.1, 0.15) is 0 Å². The van der Waals surface area contributed by atoms with E-state index in [-0.39, 0.29) is 0 Å². The van der Waals surface area contributed by atoms with Gasteiger partial charge < -0.3 is 9.13 Å². The molecule has 2 aromatic heterocycles. The molecule has 0 aliphatic rings. The highest BCUT2D eigenvalue weighted by Crippen LogP contribution is 2.44. The van der Waals surface area contributed by atoms with E-state index in [4.69, 9.17) is 0 Å². The first-order chi connectivity index (χ1) is 49.6. The van der Waals surface area contributed by atoms with Gasteiger partial charge in [0, 0.05) is 43.9 Å². The lowest BCUT2D eigenvalue weighted by Gasteiger charge is -2.36. The summed E-state index contributed by atoms with van der Waals surface area (Å²) in [4.78, 5) is 0. The number of para-hydroxylation sites is 3. The van der Waals surface area contributed by atoms with Gasteiger partial charge in [0.25, 0.3) is 0 Å². The van der Waals surface area contributed by atoms with Gasteiger partial charge in [-0.05, 0) is 117 Å². The van der Waals surface area contributed by atoms with Crippen molar-refractivity contribution in [2.45, 2.75) is 0 Å². The highest BCUT2D eigenvalue weighted by atomic mass is 28.3. The van der Waals surface area contributed by atoms with Crippen LogP contribution in [0.15, 0.2) is 413 Å². The van der Waals surface area contributed by atoms with E-state index in [1.54, 1.807) is 0 Å². The molecule has 0 N–H and O–H groups in total. The number of aromatic nitrogens is 2. The molecule has 0 atom stereocenters. The van der Waals surface area contributed by atoms with Crippen molar-refractivity contribution >= 4 is 101 Å². The molecule has 18 aromatic rings. The van der Waals surface area contributed by atoms with Crippen LogP contribution in [0.3, 0.4) is 0 Å². The smallest absolute Gasteiger partial charge is 0.180 e. The van der Waals surface area contributed by atoms with Crippen LogP contribution in [0.5, 0.6) is 0 Å². The van der Waals surface area contributed by atoms with Gasteiger partial charge in [0.15, 0.2) is 16.1 Å². The van der Waals surface area contributed by atoms with Crippen LogP contribution in [0.1, 0.15) is 0 Å². The van der Waals surface area contributed by atoms with Crippen molar-refractivity contribution in [2.24, 2.45) is 0 Å². The minimum absolute atomic E-state index is 1.10. The molecule has 0 aliphatic carbocycles. The molecule has 0 bridgehead atoms. The minimum atomic E-state index is -3.36. The van der Waals surface area contributed by atoms with Crippen LogP contribution in [0.2, 0.25) is 0 Å². The quantitative estimate of drug-likeness (QED) is 0.0715. The fourth-order valence-electron chi connectivity index (χ4n) is 16.5. The van der Waals surface area contributed by atoms with Crippen molar-refractivity contribution in [2.75, 3.05) is 0 Å². The Morgan fingerprint density at radius 3 is 1.01 bits per heavy atom. The van der Waals surface area contributed by atoms with E-state index in [0.717, 1.165) is 50.2 Å². The first kappa shape index (κ1) is 60.0. The summed E-state index contributed by atoms with van der Waals surface area (Å²) in [6, 6.07) is 155. The highest BCUT2D eigenvalue weighted by molar-refractivity contribution is 7.21. The number of nitrogens with zero attached hydrogens (tertiary/aromatic N) is 2. The number of fused-ring (bicyclic) bond motifs is 6. The molecule has 0 radical (unpaired) electrons. The topological polar surface area (TPSA) is 9.86 Å². The first-order valence-corrected chi connectivity index (χ1v) is 38.6. The number of hydrogen-bond acceptors (Lipinski definition) is 0. The lowest BCUT2D eigenvalue weighted by Crippen LogP contribution is -2.75. The Bertz CT molecular complexity index is 5720. The molecule has 16 aromatic carbocycles. The number of hydrogen-bond donors (Lipinski definition) is 0. The van der Waals surface area contributed by atoms with E-state index in [0.29, 0.717) is 0 Å². The third kappa shape index (κ3) is 9.98. The average Bonchev–Trinajstić information content (AvgIpc) is 1.14. The van der Waals surface area contributed by atoms with Crippen LogP contribution >= 0.6 is 0 Å². The first-order valence-electron chi connectivity index (χ1n) is 34.6. The second-order valence-electron chi connectivity index (χ2n) is 26.2. The third-order valence-electron chi connectivity index (χ3n) is 20.8. The van der Waals surface area contributed by atoms with Crippen molar-refractivity contribution in [1.29, 1.82) is 0 Å². The molecule has 2 heterocycles. The molecule has 0 fully saturated rings. The average molecular weight is 1310 g/mol. The summed E-state index contributed by atoms with van der Waals surface area (Å²) in [7, 11) is -6.37. The Balaban J connectivity index is 0.916. The van der Waals surface area contributed by atoms with Gasteiger partial charge in [-0.3, -0.25) is 0 Å². The molecule has 470 valence electrons. The van der Waals surface area contributed by atoms with Crippen LogP contribution in [-0.2, 0) is 0 Å². The van der Waals surface area contributed by atoms with Gasteiger partial charge in [0.05, 0.1) is 27.8 Å². The van der Waals surface area contributed by atoms with E-state index in [9.17, 15) is 0 Å². The van der Waals surface area contributed by atoms with Crippen LogP contribution in [0, 0.1) is 0 Å². The second-order valence-corrected chi connectivity index (χ2v) is 33.7. The molecule has 0 saturated carbocycles. The maximum Gasteiger partial charge on any atom is 0.180 e. The summed E-state index contributed by atoms with van der Waals surface area (Å²) < 4.78 is 5.15. The van der Waals surface area contributed by atoms with Gasteiger partial charge >= 0.3 is 0 Å². The lowest BCUT2D eigenvalue weighted by molar-refractivity contribution is 1.17. The Labute approximate surface area is 586 Å². The lowest BCUT2D eigenvalue weighted by atomic mass is 9.95. The maximum absolute atomic E-state index is 3.36. The van der Waals surface area contributed by atoms with Crippen molar-refractivity contribution in [3.05, 3.63) is 413 Å². The van der Waals surface area contributed by atoms with E-state index in [2.05, 4.69) is 422 Å². The number of rotatable bonds is 15. The third-order valence-corrected chi connectivity index (χ3v) is 30.3. The summed E-state index contributed by atoms with van der Waals surface area (Å²) in [6.07, 6.45) is 0. The largest absolute Gasteiger partial charge is 0.309 e. The highest BCUT2D eigenvalue weighted by Gasteiger charge is 2.45. The summed E-state index contributed by atoms with van der Waals surface area (Å²) in [5.74, 6) is 0. The fraction of sp³-hybridized carbons (Fsp3) is 0. The molecular formula is C96H68N2Si2. The summed E-state index contributed by atoms with van der Waals surface area (Å²) in [5, 5.41) is 15.4. The zero-order valence-corrected chi connectivity index (χ0v) is 57.2. The van der Waals surface area contributed by atoms with Crippen LogP contribution in [0.4, 0.5) is 0 Å². The Morgan fingerprint density at radius 2 is 0.530 bits per heavy atom. The summed E-state index contributed by atoms with van der Waals surface area (Å²) >= 11 is 0. The maximum atomic E-state index is 2.60. The molecule has 0 aliphatic heterocycles. The zero-order valence-electron chi connectivity index (χ0n) is 55.2. The Morgan fingerprint density at radius 1 is 0.180 bits per heavy atom. The molecule has 0 amide bonds. The number of benzene rings is 16. The van der Waals surface area contributed by atoms with Crippen molar-refractivity contribution < 1.29 is 0 Å². The fourth-order valence-corrected chi connectivity index (χ4v) is 26.3. The SMILES string of the molecule is c1ccc(-c2cc(-c3ccccc3)cc([Si](c3ccccc3)(c3ccccc3)c3cc(-c4ccccc4)c(-n4c5ccccc5c5cc(-n6c7ccccc7c7cccc(-c8ccccc8[Si](c8ccccc8)(c8ccccc8)c8ccccc8)c76)ccc54)c(-c4ccccc4)c3)c2)cc1. The Hall–Kier alpha value is -12.4. The summed E-state index contributed by atoms with van der Waals surface area (Å²) in [6.45, 7) is 0. The standard InChI is InChI=1S/C96H68N2Si2/c1-10-35-69(36-11-1)73-63-74(70-37-12-2-13-38-70)65-81(64-73)99(76-43-18-5-19-44-76,77-45-20-6-21-46-77)82-67-88(71-39-14-3-15-40-71)96(89(68-82)72-41-16-4-17-42-72)98-92-59-32-29-54-84(92)90-66-75(61-62-93(90)98)97-91-58-31-28-53-83(91)86-56-34-57-87(95(86)97)85-55-30-33-60-94(85)100(78-47-22-7-23-48-78,79-49-24-8-25-50-79)80-51-26-9-27-52-80/h1-68H. The van der Waals surface area contributed by atoms with Crippen LogP contribution in [0.25, 0.3) is 111 Å². The molecule has 0 saturated heterocycles. The van der Waals surface area contributed by atoms with Gasteiger partial charge in [-0.15, -0.1) is 0 Å². The van der Waals surface area contributed by atoms with Gasteiger partial charge in [-0.25, -0.2) is 0 Å². The normalized spacial score (nSPS) is 11.8. The minimum Gasteiger partial charge on any atom is -0.309 e.